The number of urea groups is 1. The summed E-state index contributed by atoms with van der Waals surface area (Å²) in [5, 5.41) is 12.6. The molecule has 0 saturated carbocycles. The first-order valence-corrected chi connectivity index (χ1v) is 7.32. The highest BCUT2D eigenvalue weighted by atomic mass is 32.1. The molecule has 2 amide bonds. The summed E-state index contributed by atoms with van der Waals surface area (Å²) < 4.78 is 1.73. The van der Waals surface area contributed by atoms with Crippen molar-refractivity contribution in [3.05, 3.63) is 29.5 Å². The molecule has 2 rings (SSSR count). The van der Waals surface area contributed by atoms with E-state index >= 15 is 0 Å². The van der Waals surface area contributed by atoms with E-state index in [9.17, 15) is 4.79 Å². The van der Waals surface area contributed by atoms with E-state index in [1.54, 1.807) is 10.9 Å². The molecule has 108 valence electrons. The van der Waals surface area contributed by atoms with Crippen LogP contribution < -0.4 is 10.6 Å². The molecule has 0 aliphatic carbocycles. The van der Waals surface area contributed by atoms with Crippen molar-refractivity contribution in [2.45, 2.75) is 32.7 Å². The largest absolute Gasteiger partial charge is 0.338 e. The lowest BCUT2D eigenvalue weighted by Gasteiger charge is -2.20. The van der Waals surface area contributed by atoms with Crippen molar-refractivity contribution in [2.24, 2.45) is 0 Å². The first kappa shape index (κ1) is 14.5. The van der Waals surface area contributed by atoms with E-state index in [0.29, 0.717) is 13.0 Å². The molecule has 0 saturated heterocycles. The first-order chi connectivity index (χ1) is 9.44. The van der Waals surface area contributed by atoms with Gasteiger partial charge in [-0.3, -0.25) is 0 Å². The number of carbonyl (C=O) groups excluding carboxylic acids is 1. The van der Waals surface area contributed by atoms with Gasteiger partial charge in [-0.05, 0) is 26.8 Å². The molecule has 0 spiro atoms. The lowest BCUT2D eigenvalue weighted by atomic mass is 10.1. The predicted molar refractivity (Wildman–Crippen MR) is 79.2 cm³/mol. The quantitative estimate of drug-likeness (QED) is 0.905. The second-order valence-corrected chi connectivity index (χ2v) is 6.29. The third-order valence-electron chi connectivity index (χ3n) is 2.40. The Kier molecular flexibility index (Phi) is 4.39. The maximum Gasteiger partial charge on any atom is 0.315 e. The Balaban J connectivity index is 1.79. The minimum atomic E-state index is -0.224. The predicted octanol–water partition coefficient (Wildman–Crippen LogP) is 1.97. The number of amides is 2. The van der Waals surface area contributed by atoms with Gasteiger partial charge in [0.15, 0.2) is 0 Å². The molecule has 0 bridgehead atoms. The molecule has 0 unspecified atom stereocenters. The average molecular weight is 293 g/mol. The third-order valence-corrected chi connectivity index (χ3v) is 3.27. The fourth-order valence-corrected chi connectivity index (χ4v) is 2.39. The molecule has 20 heavy (non-hydrogen) atoms. The van der Waals surface area contributed by atoms with Crippen molar-refractivity contribution >= 4 is 17.4 Å². The van der Waals surface area contributed by atoms with Crippen molar-refractivity contribution in [3.63, 3.8) is 0 Å². The first-order valence-electron chi connectivity index (χ1n) is 6.44. The van der Waals surface area contributed by atoms with E-state index in [0.717, 1.165) is 10.8 Å². The second-order valence-electron chi connectivity index (χ2n) is 5.45. The Bertz CT molecular complexity index is 556. The summed E-state index contributed by atoms with van der Waals surface area (Å²) in [6.45, 7) is 6.40. The van der Waals surface area contributed by atoms with Crippen LogP contribution in [0.4, 0.5) is 4.79 Å². The summed E-state index contributed by atoms with van der Waals surface area (Å²) in [7, 11) is 0. The average Bonchev–Trinajstić information content (AvgIpc) is 2.96. The Hall–Kier alpha value is -1.89. The van der Waals surface area contributed by atoms with Gasteiger partial charge >= 0.3 is 6.03 Å². The van der Waals surface area contributed by atoms with Crippen molar-refractivity contribution in [2.75, 3.05) is 6.54 Å². The van der Waals surface area contributed by atoms with Gasteiger partial charge in [-0.2, -0.15) is 5.10 Å². The van der Waals surface area contributed by atoms with Crippen LogP contribution in [0.15, 0.2) is 23.8 Å². The van der Waals surface area contributed by atoms with Gasteiger partial charge in [-0.1, -0.05) is 0 Å². The molecule has 2 N–H and O–H groups in total. The zero-order valence-electron chi connectivity index (χ0n) is 11.9. The maximum atomic E-state index is 11.6. The summed E-state index contributed by atoms with van der Waals surface area (Å²) in [4.78, 5) is 16.1. The highest BCUT2D eigenvalue weighted by Gasteiger charge is 2.13. The van der Waals surface area contributed by atoms with Crippen molar-refractivity contribution in [3.8, 4) is 5.13 Å². The summed E-state index contributed by atoms with van der Waals surface area (Å²) >= 11 is 1.54. The molecular formula is C13H19N5OS. The van der Waals surface area contributed by atoms with Gasteiger partial charge in [0.05, 0.1) is 5.69 Å². The minimum absolute atomic E-state index is 0.153. The SMILES string of the molecule is CC(C)(C)NC(=O)NCCc1csc(-n2cccn2)n1. The lowest BCUT2D eigenvalue weighted by Crippen LogP contribution is -2.46. The van der Waals surface area contributed by atoms with Crippen molar-refractivity contribution < 1.29 is 4.79 Å². The molecule has 6 nitrogen and oxygen atoms in total. The molecule has 0 aliphatic heterocycles. The van der Waals surface area contributed by atoms with Crippen molar-refractivity contribution in [1.29, 1.82) is 0 Å². The smallest absolute Gasteiger partial charge is 0.315 e. The number of rotatable bonds is 4. The van der Waals surface area contributed by atoms with Gasteiger partial charge in [0.2, 0.25) is 5.13 Å². The Morgan fingerprint density at radius 3 is 2.90 bits per heavy atom. The van der Waals surface area contributed by atoms with E-state index in [4.69, 9.17) is 0 Å². The van der Waals surface area contributed by atoms with Crippen LogP contribution in [0.3, 0.4) is 0 Å². The minimum Gasteiger partial charge on any atom is -0.338 e. The van der Waals surface area contributed by atoms with E-state index < -0.39 is 0 Å². The Morgan fingerprint density at radius 2 is 2.25 bits per heavy atom. The topological polar surface area (TPSA) is 71.8 Å². The molecule has 7 heteroatoms. The van der Waals surface area contributed by atoms with E-state index in [2.05, 4.69) is 20.7 Å². The fourth-order valence-electron chi connectivity index (χ4n) is 1.59. The third kappa shape index (κ3) is 4.34. The zero-order valence-corrected chi connectivity index (χ0v) is 12.7. The summed E-state index contributed by atoms with van der Waals surface area (Å²) in [5.41, 5.74) is 0.731. The van der Waals surface area contributed by atoms with Crippen LogP contribution in [0.5, 0.6) is 0 Å². The summed E-state index contributed by atoms with van der Waals surface area (Å²) in [5.74, 6) is 0. The summed E-state index contributed by atoms with van der Waals surface area (Å²) in [6.07, 6.45) is 4.28. The molecule has 2 heterocycles. The van der Waals surface area contributed by atoms with Crippen LogP contribution in [0.25, 0.3) is 5.13 Å². The van der Waals surface area contributed by atoms with Gasteiger partial charge in [-0.15, -0.1) is 11.3 Å². The van der Waals surface area contributed by atoms with Gasteiger partial charge in [0.1, 0.15) is 0 Å². The van der Waals surface area contributed by atoms with Crippen LogP contribution in [0.2, 0.25) is 0 Å². The number of hydrogen-bond acceptors (Lipinski definition) is 4. The molecule has 0 aromatic carbocycles. The van der Waals surface area contributed by atoms with Crippen LogP contribution in [-0.4, -0.2) is 32.9 Å². The highest BCUT2D eigenvalue weighted by molar-refractivity contribution is 7.12. The lowest BCUT2D eigenvalue weighted by molar-refractivity contribution is 0.232. The molecule has 2 aromatic heterocycles. The van der Waals surface area contributed by atoms with Gasteiger partial charge in [0.25, 0.3) is 0 Å². The number of thiazole rings is 1. The molecule has 0 radical (unpaired) electrons. The van der Waals surface area contributed by atoms with E-state index in [-0.39, 0.29) is 11.6 Å². The van der Waals surface area contributed by atoms with Crippen LogP contribution in [-0.2, 0) is 6.42 Å². The van der Waals surface area contributed by atoms with Gasteiger partial charge < -0.3 is 10.6 Å². The number of carbonyl (C=O) groups is 1. The Labute approximate surface area is 122 Å². The highest BCUT2D eigenvalue weighted by Crippen LogP contribution is 2.13. The van der Waals surface area contributed by atoms with E-state index in [1.807, 2.05) is 38.4 Å². The van der Waals surface area contributed by atoms with Crippen LogP contribution >= 0.6 is 11.3 Å². The fraction of sp³-hybridized carbons (Fsp3) is 0.462. The maximum absolute atomic E-state index is 11.6. The molecule has 0 fully saturated rings. The molecular weight excluding hydrogens is 274 g/mol. The normalized spacial score (nSPS) is 11.3. The number of nitrogens with one attached hydrogen (secondary N) is 2. The Morgan fingerprint density at radius 1 is 1.45 bits per heavy atom. The standard InChI is InChI=1S/C13H19N5OS/c1-13(2,3)17-11(19)14-7-5-10-9-20-12(16-10)18-8-4-6-15-18/h4,6,8-9H,5,7H2,1-3H3,(H2,14,17,19). The van der Waals surface area contributed by atoms with Gasteiger partial charge in [0, 0.05) is 36.3 Å². The number of nitrogens with zero attached hydrogens (tertiary/aromatic N) is 3. The monoisotopic (exact) mass is 293 g/mol. The number of aromatic nitrogens is 3. The number of hydrogen-bond donors (Lipinski definition) is 2. The van der Waals surface area contributed by atoms with Crippen LogP contribution in [0, 0.1) is 0 Å². The van der Waals surface area contributed by atoms with Crippen LogP contribution in [0.1, 0.15) is 26.5 Å². The molecule has 0 atom stereocenters. The second kappa shape index (κ2) is 6.04. The molecule has 2 aromatic rings. The molecule has 0 aliphatic rings. The summed E-state index contributed by atoms with van der Waals surface area (Å²) in [6, 6.07) is 1.71. The van der Waals surface area contributed by atoms with Crippen molar-refractivity contribution in [1.82, 2.24) is 25.4 Å². The van der Waals surface area contributed by atoms with Gasteiger partial charge in [-0.25, -0.2) is 14.5 Å². The van der Waals surface area contributed by atoms with E-state index in [1.165, 1.54) is 11.3 Å². The zero-order chi connectivity index (χ0) is 14.6.